The molecule has 5 nitrogen and oxygen atoms in total. The molecule has 0 aliphatic carbocycles. The lowest BCUT2D eigenvalue weighted by Gasteiger charge is -2.20. The van der Waals surface area contributed by atoms with Crippen LogP contribution in [0.3, 0.4) is 0 Å². The van der Waals surface area contributed by atoms with Crippen LogP contribution in [0.2, 0.25) is 0 Å². The molecular formula is C19H23N3O2. The minimum absolute atomic E-state index is 0.244. The molecule has 0 saturated carbocycles. The second-order valence-corrected chi connectivity index (χ2v) is 6.37. The van der Waals surface area contributed by atoms with E-state index in [0.29, 0.717) is 0 Å². The van der Waals surface area contributed by atoms with E-state index in [1.165, 1.54) is 18.3 Å². The Bertz CT molecular complexity index is 723. The molecule has 5 heteroatoms. The zero-order valence-corrected chi connectivity index (χ0v) is 14.5. The average Bonchev–Trinajstić information content (AvgIpc) is 2.54. The second kappa shape index (κ2) is 7.25. The van der Waals surface area contributed by atoms with Crippen molar-refractivity contribution in [3.63, 3.8) is 0 Å². The Kier molecular flexibility index (Phi) is 5.34. The Morgan fingerprint density at radius 2 is 1.58 bits per heavy atom. The van der Waals surface area contributed by atoms with Gasteiger partial charge in [-0.2, -0.15) is 0 Å². The molecule has 0 radical (unpaired) electrons. The van der Waals surface area contributed by atoms with Gasteiger partial charge < -0.3 is 11.1 Å². The number of aromatic nitrogens is 1. The number of carbonyl (C=O) groups is 2. The number of primary amides is 1. The Hall–Kier alpha value is -2.69. The van der Waals surface area contributed by atoms with E-state index < -0.39 is 5.91 Å². The molecule has 0 spiro atoms. The highest BCUT2D eigenvalue weighted by Crippen LogP contribution is 2.32. The van der Waals surface area contributed by atoms with Crippen molar-refractivity contribution in [2.45, 2.75) is 39.5 Å². The second-order valence-electron chi connectivity index (χ2n) is 6.37. The van der Waals surface area contributed by atoms with Gasteiger partial charge in [0.15, 0.2) is 0 Å². The molecule has 2 aromatic rings. The van der Waals surface area contributed by atoms with E-state index in [1.807, 2.05) is 18.2 Å². The van der Waals surface area contributed by atoms with Crippen molar-refractivity contribution in [3.05, 3.63) is 58.9 Å². The summed E-state index contributed by atoms with van der Waals surface area (Å²) in [5.41, 5.74) is 8.72. The Morgan fingerprint density at radius 3 is 2.00 bits per heavy atom. The van der Waals surface area contributed by atoms with Gasteiger partial charge in [0, 0.05) is 11.9 Å². The maximum atomic E-state index is 12.6. The van der Waals surface area contributed by atoms with Crippen LogP contribution < -0.4 is 11.1 Å². The van der Waals surface area contributed by atoms with Gasteiger partial charge in [0.25, 0.3) is 5.91 Å². The summed E-state index contributed by atoms with van der Waals surface area (Å²) in [7, 11) is 0. The third-order valence-electron chi connectivity index (χ3n) is 3.89. The highest BCUT2D eigenvalue weighted by atomic mass is 16.2. The number of amides is 2. The van der Waals surface area contributed by atoms with Gasteiger partial charge in [0.1, 0.15) is 5.69 Å². The number of carbonyl (C=O) groups excluding carboxylic acids is 2. The van der Waals surface area contributed by atoms with Crippen LogP contribution in [-0.4, -0.2) is 16.8 Å². The summed E-state index contributed by atoms with van der Waals surface area (Å²) in [5.74, 6) is -0.309. The summed E-state index contributed by atoms with van der Waals surface area (Å²) in [5, 5.41) is 2.99. The zero-order valence-electron chi connectivity index (χ0n) is 14.5. The smallest absolute Gasteiger partial charge is 0.274 e. The first kappa shape index (κ1) is 17.7. The molecule has 3 N–H and O–H groups in total. The predicted octanol–water partition coefficient (Wildman–Crippen LogP) is 3.68. The summed E-state index contributed by atoms with van der Waals surface area (Å²) in [6.45, 7) is 8.37. The van der Waals surface area contributed by atoms with E-state index in [4.69, 9.17) is 5.73 Å². The number of rotatable bonds is 5. The van der Waals surface area contributed by atoms with Crippen molar-refractivity contribution in [2.75, 3.05) is 5.32 Å². The van der Waals surface area contributed by atoms with Gasteiger partial charge in [0.2, 0.25) is 5.91 Å². The summed E-state index contributed by atoms with van der Waals surface area (Å²) >= 11 is 0. The molecule has 2 rings (SSSR count). The number of nitrogens with zero attached hydrogens (tertiary/aromatic N) is 1. The summed E-state index contributed by atoms with van der Waals surface area (Å²) in [4.78, 5) is 27.7. The molecule has 0 bridgehead atoms. The number of hydrogen-bond acceptors (Lipinski definition) is 3. The molecule has 126 valence electrons. The monoisotopic (exact) mass is 325 g/mol. The van der Waals surface area contributed by atoms with Crippen molar-refractivity contribution in [1.82, 2.24) is 4.98 Å². The molecule has 1 aromatic carbocycles. The van der Waals surface area contributed by atoms with E-state index >= 15 is 0 Å². The molecular weight excluding hydrogens is 302 g/mol. The number of nitrogens with two attached hydrogens (primary N) is 1. The molecule has 0 atom stereocenters. The lowest BCUT2D eigenvalue weighted by molar-refractivity contribution is 0.0993. The quantitative estimate of drug-likeness (QED) is 0.879. The molecule has 2 amide bonds. The molecule has 0 aliphatic rings. The van der Waals surface area contributed by atoms with E-state index in [9.17, 15) is 9.59 Å². The number of hydrogen-bond donors (Lipinski definition) is 2. The Balaban J connectivity index is 2.35. The first-order chi connectivity index (χ1) is 11.3. The van der Waals surface area contributed by atoms with E-state index in [2.05, 4.69) is 38.0 Å². The normalized spacial score (nSPS) is 10.9. The minimum Gasteiger partial charge on any atom is -0.366 e. The van der Waals surface area contributed by atoms with Crippen LogP contribution in [0.15, 0.2) is 36.5 Å². The van der Waals surface area contributed by atoms with Crippen molar-refractivity contribution in [1.29, 1.82) is 0 Å². The fourth-order valence-corrected chi connectivity index (χ4v) is 2.55. The number of pyridine rings is 1. The number of anilines is 1. The SMILES string of the molecule is CC(C)c1cccc(C(C)C)c1NC(=O)c1ccc(C(N)=O)cn1. The molecule has 0 saturated heterocycles. The molecule has 0 aliphatic heterocycles. The first-order valence-corrected chi connectivity index (χ1v) is 8.01. The van der Waals surface area contributed by atoms with Crippen LogP contribution >= 0.6 is 0 Å². The van der Waals surface area contributed by atoms with Crippen LogP contribution in [0.5, 0.6) is 0 Å². The molecule has 1 aromatic heterocycles. The van der Waals surface area contributed by atoms with Crippen LogP contribution in [-0.2, 0) is 0 Å². The van der Waals surface area contributed by atoms with Crippen LogP contribution in [0.25, 0.3) is 0 Å². The van der Waals surface area contributed by atoms with E-state index in [-0.39, 0.29) is 29.0 Å². The lowest BCUT2D eigenvalue weighted by atomic mass is 9.92. The number of para-hydroxylation sites is 1. The lowest BCUT2D eigenvalue weighted by Crippen LogP contribution is -2.18. The van der Waals surface area contributed by atoms with E-state index in [0.717, 1.165) is 16.8 Å². The minimum atomic E-state index is -0.568. The highest BCUT2D eigenvalue weighted by Gasteiger charge is 2.17. The van der Waals surface area contributed by atoms with Gasteiger partial charge >= 0.3 is 0 Å². The molecule has 1 heterocycles. The van der Waals surface area contributed by atoms with Crippen molar-refractivity contribution in [2.24, 2.45) is 5.73 Å². The van der Waals surface area contributed by atoms with Gasteiger partial charge in [-0.15, -0.1) is 0 Å². The summed E-state index contributed by atoms with van der Waals surface area (Å²) in [6, 6.07) is 9.07. The van der Waals surface area contributed by atoms with Gasteiger partial charge in [-0.05, 0) is 35.1 Å². The molecule has 0 unspecified atom stereocenters. The van der Waals surface area contributed by atoms with Gasteiger partial charge in [-0.3, -0.25) is 14.6 Å². The van der Waals surface area contributed by atoms with Crippen LogP contribution in [0, 0.1) is 0 Å². The average molecular weight is 325 g/mol. The van der Waals surface area contributed by atoms with E-state index in [1.54, 1.807) is 0 Å². The first-order valence-electron chi connectivity index (χ1n) is 8.01. The van der Waals surface area contributed by atoms with Crippen molar-refractivity contribution < 1.29 is 9.59 Å². The third kappa shape index (κ3) is 3.79. The molecule has 0 fully saturated rings. The fourth-order valence-electron chi connectivity index (χ4n) is 2.55. The predicted molar refractivity (Wildman–Crippen MR) is 95.3 cm³/mol. The number of nitrogens with one attached hydrogen (secondary N) is 1. The maximum Gasteiger partial charge on any atom is 0.274 e. The van der Waals surface area contributed by atoms with Crippen molar-refractivity contribution in [3.8, 4) is 0 Å². The summed E-state index contributed by atoms with van der Waals surface area (Å²) in [6.07, 6.45) is 1.31. The zero-order chi connectivity index (χ0) is 17.9. The largest absolute Gasteiger partial charge is 0.366 e. The van der Waals surface area contributed by atoms with Crippen molar-refractivity contribution >= 4 is 17.5 Å². The number of benzene rings is 1. The third-order valence-corrected chi connectivity index (χ3v) is 3.89. The Labute approximate surface area is 142 Å². The summed E-state index contributed by atoms with van der Waals surface area (Å²) < 4.78 is 0. The van der Waals surface area contributed by atoms with Crippen LogP contribution in [0.4, 0.5) is 5.69 Å². The molecule has 24 heavy (non-hydrogen) atoms. The Morgan fingerprint density at radius 1 is 1.00 bits per heavy atom. The highest BCUT2D eigenvalue weighted by molar-refractivity contribution is 6.04. The standard InChI is InChI=1S/C19H23N3O2/c1-11(2)14-6-5-7-15(12(3)4)17(14)22-19(24)16-9-8-13(10-21-16)18(20)23/h5-12H,1-4H3,(H2,20,23)(H,22,24). The fraction of sp³-hybridized carbons (Fsp3) is 0.316. The van der Waals surface area contributed by atoms with Gasteiger partial charge in [0.05, 0.1) is 5.56 Å². The van der Waals surface area contributed by atoms with Gasteiger partial charge in [-0.25, -0.2) is 0 Å². The maximum absolute atomic E-state index is 12.6. The topological polar surface area (TPSA) is 85.1 Å². The van der Waals surface area contributed by atoms with Crippen LogP contribution in [0.1, 0.15) is 71.5 Å². The van der Waals surface area contributed by atoms with Gasteiger partial charge in [-0.1, -0.05) is 45.9 Å².